The molecule has 0 aliphatic heterocycles. The van der Waals surface area contributed by atoms with E-state index < -0.39 is 0 Å². The van der Waals surface area contributed by atoms with Crippen LogP contribution in [0.4, 0.5) is 11.4 Å². The number of benzene rings is 1. The smallest absolute Gasteiger partial charge is 0.274 e. The van der Waals surface area contributed by atoms with Crippen molar-refractivity contribution < 1.29 is 9.53 Å². The lowest BCUT2D eigenvalue weighted by Gasteiger charge is -2.12. The normalized spacial score (nSPS) is 10.5. The van der Waals surface area contributed by atoms with Gasteiger partial charge in [0.25, 0.3) is 5.91 Å². The molecule has 0 atom stereocenters. The Kier molecular flexibility index (Phi) is 6.18. The SMILES string of the molecule is COc1ccc(C)cc1NC(=O)c1cc(NCCC(C)C)ccn1. The van der Waals surface area contributed by atoms with Crippen LogP contribution in [-0.2, 0) is 0 Å². The number of anilines is 2. The van der Waals surface area contributed by atoms with Gasteiger partial charge in [-0.2, -0.15) is 0 Å². The number of carbonyl (C=O) groups excluding carboxylic acids is 1. The van der Waals surface area contributed by atoms with E-state index in [1.165, 1.54) is 0 Å². The number of aryl methyl sites for hydroxylation is 1. The maximum absolute atomic E-state index is 12.5. The lowest BCUT2D eigenvalue weighted by molar-refractivity contribution is 0.102. The molecule has 5 nitrogen and oxygen atoms in total. The van der Waals surface area contributed by atoms with Crippen molar-refractivity contribution in [1.29, 1.82) is 0 Å². The van der Waals surface area contributed by atoms with Crippen LogP contribution in [0.5, 0.6) is 5.75 Å². The Bertz CT molecular complexity index is 699. The number of nitrogens with zero attached hydrogens (tertiary/aromatic N) is 1. The van der Waals surface area contributed by atoms with E-state index in [9.17, 15) is 4.79 Å². The number of carbonyl (C=O) groups is 1. The average Bonchev–Trinajstić information content (AvgIpc) is 2.55. The van der Waals surface area contributed by atoms with E-state index in [-0.39, 0.29) is 5.91 Å². The van der Waals surface area contributed by atoms with Gasteiger partial charge < -0.3 is 15.4 Å². The molecule has 2 N–H and O–H groups in total. The van der Waals surface area contributed by atoms with Crippen LogP contribution in [0.25, 0.3) is 0 Å². The number of amides is 1. The average molecular weight is 327 g/mol. The molecule has 0 aliphatic rings. The van der Waals surface area contributed by atoms with E-state index in [1.807, 2.05) is 31.2 Å². The summed E-state index contributed by atoms with van der Waals surface area (Å²) in [5.74, 6) is 1.00. The largest absolute Gasteiger partial charge is 0.495 e. The molecule has 0 fully saturated rings. The predicted octanol–water partition coefficient (Wildman–Crippen LogP) is 4.11. The maximum Gasteiger partial charge on any atom is 0.274 e. The van der Waals surface area contributed by atoms with Gasteiger partial charge in [-0.15, -0.1) is 0 Å². The fraction of sp³-hybridized carbons (Fsp3) is 0.368. The van der Waals surface area contributed by atoms with E-state index in [0.717, 1.165) is 24.2 Å². The first-order valence-electron chi connectivity index (χ1n) is 8.15. The summed E-state index contributed by atoms with van der Waals surface area (Å²) >= 11 is 0. The lowest BCUT2D eigenvalue weighted by Crippen LogP contribution is -2.15. The van der Waals surface area contributed by atoms with Gasteiger partial charge in [0, 0.05) is 18.4 Å². The van der Waals surface area contributed by atoms with Crippen LogP contribution in [-0.4, -0.2) is 24.5 Å². The van der Waals surface area contributed by atoms with E-state index in [2.05, 4.69) is 29.5 Å². The van der Waals surface area contributed by atoms with Crippen molar-refractivity contribution >= 4 is 17.3 Å². The van der Waals surface area contributed by atoms with Crippen molar-refractivity contribution in [2.75, 3.05) is 24.3 Å². The Labute approximate surface area is 143 Å². The van der Waals surface area contributed by atoms with Crippen molar-refractivity contribution in [2.45, 2.75) is 27.2 Å². The number of rotatable bonds is 7. The van der Waals surface area contributed by atoms with Crippen LogP contribution < -0.4 is 15.4 Å². The quantitative estimate of drug-likeness (QED) is 0.803. The molecule has 0 bridgehead atoms. The van der Waals surface area contributed by atoms with Gasteiger partial charge in [-0.3, -0.25) is 9.78 Å². The number of methoxy groups -OCH3 is 1. The standard InChI is InChI=1S/C19H25N3O2/c1-13(2)7-9-20-15-8-10-21-17(12-15)19(23)22-16-11-14(3)5-6-18(16)24-4/h5-6,8,10-13H,7,9H2,1-4H3,(H,20,21)(H,22,23). The van der Waals surface area contributed by atoms with Crippen LogP contribution in [0, 0.1) is 12.8 Å². The van der Waals surface area contributed by atoms with Gasteiger partial charge >= 0.3 is 0 Å². The molecule has 0 aliphatic carbocycles. The molecular formula is C19H25N3O2. The van der Waals surface area contributed by atoms with Gasteiger partial charge in [0.2, 0.25) is 0 Å². The zero-order valence-electron chi connectivity index (χ0n) is 14.7. The summed E-state index contributed by atoms with van der Waals surface area (Å²) < 4.78 is 5.29. The zero-order chi connectivity index (χ0) is 17.5. The maximum atomic E-state index is 12.5. The second-order valence-corrected chi connectivity index (χ2v) is 6.20. The first kappa shape index (κ1) is 17.8. The molecule has 2 aromatic rings. The first-order valence-corrected chi connectivity index (χ1v) is 8.15. The molecule has 1 heterocycles. The van der Waals surface area contributed by atoms with E-state index in [1.54, 1.807) is 19.4 Å². The lowest BCUT2D eigenvalue weighted by atomic mass is 10.1. The highest BCUT2D eigenvalue weighted by atomic mass is 16.5. The molecule has 0 radical (unpaired) electrons. The van der Waals surface area contributed by atoms with Gasteiger partial charge in [0.1, 0.15) is 11.4 Å². The zero-order valence-corrected chi connectivity index (χ0v) is 14.7. The Morgan fingerprint density at radius 2 is 2.04 bits per heavy atom. The molecule has 0 saturated heterocycles. The number of hydrogen-bond donors (Lipinski definition) is 2. The molecule has 0 spiro atoms. The van der Waals surface area contributed by atoms with Gasteiger partial charge in [0.05, 0.1) is 12.8 Å². The number of hydrogen-bond acceptors (Lipinski definition) is 4. The summed E-state index contributed by atoms with van der Waals surface area (Å²) in [6, 6.07) is 9.28. The van der Waals surface area contributed by atoms with Crippen molar-refractivity contribution in [2.24, 2.45) is 5.92 Å². The van der Waals surface area contributed by atoms with Gasteiger partial charge in [-0.1, -0.05) is 19.9 Å². The van der Waals surface area contributed by atoms with Crippen molar-refractivity contribution in [3.8, 4) is 5.75 Å². The molecule has 1 aromatic carbocycles. The minimum absolute atomic E-state index is 0.258. The van der Waals surface area contributed by atoms with Crippen LogP contribution in [0.1, 0.15) is 36.3 Å². The van der Waals surface area contributed by atoms with E-state index in [4.69, 9.17) is 4.74 Å². The topological polar surface area (TPSA) is 63.2 Å². The molecule has 1 aromatic heterocycles. The molecular weight excluding hydrogens is 302 g/mol. The summed E-state index contributed by atoms with van der Waals surface area (Å²) in [5.41, 5.74) is 2.95. The van der Waals surface area contributed by atoms with Crippen molar-refractivity contribution in [3.05, 3.63) is 47.8 Å². The minimum atomic E-state index is -0.258. The van der Waals surface area contributed by atoms with E-state index >= 15 is 0 Å². The van der Waals surface area contributed by atoms with Crippen molar-refractivity contribution in [1.82, 2.24) is 4.98 Å². The molecule has 5 heteroatoms. The minimum Gasteiger partial charge on any atom is -0.495 e. The molecule has 128 valence electrons. The fourth-order valence-electron chi connectivity index (χ4n) is 2.28. The van der Waals surface area contributed by atoms with Gasteiger partial charge in [0.15, 0.2) is 0 Å². The van der Waals surface area contributed by atoms with Crippen molar-refractivity contribution in [3.63, 3.8) is 0 Å². The van der Waals surface area contributed by atoms with Crippen LogP contribution >= 0.6 is 0 Å². The summed E-state index contributed by atoms with van der Waals surface area (Å²) in [7, 11) is 1.58. The number of ether oxygens (including phenoxy) is 1. The van der Waals surface area contributed by atoms with Gasteiger partial charge in [-0.05, 0) is 49.1 Å². The Morgan fingerprint density at radius 1 is 1.25 bits per heavy atom. The summed E-state index contributed by atoms with van der Waals surface area (Å²) in [4.78, 5) is 16.6. The van der Waals surface area contributed by atoms with Crippen LogP contribution in [0.3, 0.4) is 0 Å². The molecule has 1 amide bonds. The highest BCUT2D eigenvalue weighted by Gasteiger charge is 2.12. The highest BCUT2D eigenvalue weighted by Crippen LogP contribution is 2.25. The number of nitrogens with one attached hydrogen (secondary N) is 2. The Morgan fingerprint density at radius 3 is 2.75 bits per heavy atom. The number of aromatic nitrogens is 1. The first-order chi connectivity index (χ1) is 11.5. The van der Waals surface area contributed by atoms with E-state index in [0.29, 0.717) is 23.0 Å². The summed E-state index contributed by atoms with van der Waals surface area (Å²) in [6.07, 6.45) is 2.71. The van der Waals surface area contributed by atoms with Gasteiger partial charge in [-0.25, -0.2) is 0 Å². The molecule has 0 unspecified atom stereocenters. The Balaban J connectivity index is 2.08. The summed E-state index contributed by atoms with van der Waals surface area (Å²) in [5, 5.41) is 6.19. The third-order valence-corrected chi connectivity index (χ3v) is 3.65. The van der Waals surface area contributed by atoms with Crippen LogP contribution in [0.2, 0.25) is 0 Å². The second kappa shape index (κ2) is 8.34. The molecule has 24 heavy (non-hydrogen) atoms. The number of pyridine rings is 1. The monoisotopic (exact) mass is 327 g/mol. The second-order valence-electron chi connectivity index (χ2n) is 6.20. The van der Waals surface area contributed by atoms with Crippen LogP contribution in [0.15, 0.2) is 36.5 Å². The third-order valence-electron chi connectivity index (χ3n) is 3.65. The summed E-state index contributed by atoms with van der Waals surface area (Å²) in [6.45, 7) is 7.20. The third kappa shape index (κ3) is 4.98. The Hall–Kier alpha value is -2.56. The fourth-order valence-corrected chi connectivity index (χ4v) is 2.28. The molecule has 2 rings (SSSR count). The highest BCUT2D eigenvalue weighted by molar-refractivity contribution is 6.04. The molecule has 0 saturated carbocycles. The predicted molar refractivity (Wildman–Crippen MR) is 97.9 cm³/mol.